The lowest BCUT2D eigenvalue weighted by molar-refractivity contribution is -0.137. The molecule has 0 unspecified atom stereocenters. The Balaban J connectivity index is 3.27. The van der Waals surface area contributed by atoms with Crippen molar-refractivity contribution in [2.45, 2.75) is 18.0 Å². The standard InChI is InChI=1S/C10H11F3N2S/c1-2-16-6-3-4-7(9(14)15)8(5-6)10(11,12)13/h3-5H,2H2,1H3,(H3,14,15). The minimum Gasteiger partial charge on any atom is -0.384 e. The highest BCUT2D eigenvalue weighted by Crippen LogP contribution is 2.34. The molecule has 1 rings (SSSR count). The van der Waals surface area contributed by atoms with Crippen LogP contribution in [-0.4, -0.2) is 11.6 Å². The van der Waals surface area contributed by atoms with E-state index < -0.39 is 17.6 Å². The van der Waals surface area contributed by atoms with Crippen molar-refractivity contribution in [1.29, 1.82) is 5.41 Å². The number of benzene rings is 1. The summed E-state index contributed by atoms with van der Waals surface area (Å²) in [5.41, 5.74) is 3.99. The Morgan fingerprint density at radius 2 is 2.06 bits per heavy atom. The van der Waals surface area contributed by atoms with Crippen molar-refractivity contribution in [3.05, 3.63) is 29.3 Å². The second-order valence-corrected chi connectivity index (χ2v) is 4.39. The first kappa shape index (κ1) is 12.9. The largest absolute Gasteiger partial charge is 0.417 e. The third-order valence-corrected chi connectivity index (χ3v) is 2.77. The molecule has 6 heteroatoms. The minimum absolute atomic E-state index is 0.270. The molecule has 0 amide bonds. The van der Waals surface area contributed by atoms with Crippen molar-refractivity contribution in [3.63, 3.8) is 0 Å². The Morgan fingerprint density at radius 1 is 1.44 bits per heavy atom. The molecule has 0 bridgehead atoms. The van der Waals surface area contributed by atoms with Gasteiger partial charge in [0.15, 0.2) is 0 Å². The summed E-state index contributed by atoms with van der Waals surface area (Å²) in [4.78, 5) is 0.528. The van der Waals surface area contributed by atoms with Gasteiger partial charge < -0.3 is 5.73 Å². The van der Waals surface area contributed by atoms with Gasteiger partial charge in [-0.3, -0.25) is 5.41 Å². The SMILES string of the molecule is CCSc1ccc(C(=N)N)c(C(F)(F)F)c1. The number of nitrogens with one attached hydrogen (secondary N) is 1. The van der Waals surface area contributed by atoms with Crippen molar-refractivity contribution >= 4 is 17.6 Å². The summed E-state index contributed by atoms with van der Waals surface area (Å²) in [5, 5.41) is 7.10. The van der Waals surface area contributed by atoms with Crippen LogP contribution in [0.2, 0.25) is 0 Å². The molecular formula is C10H11F3N2S. The molecule has 0 fully saturated rings. The van der Waals surface area contributed by atoms with Crippen molar-refractivity contribution < 1.29 is 13.2 Å². The second kappa shape index (κ2) is 4.78. The summed E-state index contributed by atoms with van der Waals surface area (Å²) in [7, 11) is 0. The fourth-order valence-corrected chi connectivity index (χ4v) is 1.95. The molecule has 1 aromatic carbocycles. The van der Waals surface area contributed by atoms with E-state index in [1.54, 1.807) is 6.07 Å². The zero-order chi connectivity index (χ0) is 12.3. The Kier molecular flexibility index (Phi) is 3.85. The Morgan fingerprint density at radius 3 is 2.50 bits per heavy atom. The van der Waals surface area contributed by atoms with Gasteiger partial charge in [-0.1, -0.05) is 6.92 Å². The number of hydrogen-bond acceptors (Lipinski definition) is 2. The summed E-state index contributed by atoms with van der Waals surface area (Å²) >= 11 is 1.31. The first-order valence-electron chi connectivity index (χ1n) is 4.54. The number of alkyl halides is 3. The van der Waals surface area contributed by atoms with Crippen LogP contribution < -0.4 is 5.73 Å². The number of thioether (sulfide) groups is 1. The smallest absolute Gasteiger partial charge is 0.384 e. The van der Waals surface area contributed by atoms with E-state index in [1.807, 2.05) is 6.92 Å². The van der Waals surface area contributed by atoms with E-state index in [-0.39, 0.29) is 5.56 Å². The molecule has 16 heavy (non-hydrogen) atoms. The average Bonchev–Trinajstić information content (AvgIpc) is 2.16. The van der Waals surface area contributed by atoms with Crippen LogP contribution in [0.4, 0.5) is 13.2 Å². The number of halogens is 3. The van der Waals surface area contributed by atoms with Gasteiger partial charge in [0, 0.05) is 10.5 Å². The van der Waals surface area contributed by atoms with Gasteiger partial charge in [0.2, 0.25) is 0 Å². The molecule has 0 aliphatic heterocycles. The number of nitrogens with two attached hydrogens (primary N) is 1. The molecule has 0 saturated heterocycles. The molecule has 0 aliphatic carbocycles. The van der Waals surface area contributed by atoms with Crippen LogP contribution >= 0.6 is 11.8 Å². The lowest BCUT2D eigenvalue weighted by Crippen LogP contribution is -2.18. The van der Waals surface area contributed by atoms with Crippen LogP contribution in [0.3, 0.4) is 0 Å². The normalized spacial score (nSPS) is 11.5. The molecule has 0 heterocycles. The van der Waals surface area contributed by atoms with Crippen molar-refractivity contribution in [1.82, 2.24) is 0 Å². The van der Waals surface area contributed by atoms with Crippen LogP contribution in [0, 0.1) is 5.41 Å². The zero-order valence-electron chi connectivity index (χ0n) is 8.56. The van der Waals surface area contributed by atoms with Gasteiger partial charge in [-0.2, -0.15) is 13.2 Å². The first-order valence-corrected chi connectivity index (χ1v) is 5.53. The number of rotatable bonds is 3. The maximum Gasteiger partial charge on any atom is 0.417 e. The van der Waals surface area contributed by atoms with Gasteiger partial charge in [0.25, 0.3) is 0 Å². The van der Waals surface area contributed by atoms with Gasteiger partial charge in [-0.05, 0) is 24.0 Å². The van der Waals surface area contributed by atoms with E-state index in [1.165, 1.54) is 17.8 Å². The monoisotopic (exact) mass is 248 g/mol. The maximum atomic E-state index is 12.7. The zero-order valence-corrected chi connectivity index (χ0v) is 9.38. The lowest BCUT2D eigenvalue weighted by Gasteiger charge is -2.13. The highest BCUT2D eigenvalue weighted by molar-refractivity contribution is 7.99. The van der Waals surface area contributed by atoms with Crippen LogP contribution in [-0.2, 0) is 6.18 Å². The fourth-order valence-electron chi connectivity index (χ4n) is 1.25. The van der Waals surface area contributed by atoms with Crippen LogP contribution in [0.1, 0.15) is 18.1 Å². The number of amidine groups is 1. The molecule has 2 nitrogen and oxygen atoms in total. The Bertz CT molecular complexity index is 402. The molecule has 0 aliphatic rings. The van der Waals surface area contributed by atoms with Gasteiger partial charge in [-0.15, -0.1) is 11.8 Å². The Hall–Kier alpha value is -1.17. The van der Waals surface area contributed by atoms with Crippen molar-refractivity contribution in [2.24, 2.45) is 5.73 Å². The van der Waals surface area contributed by atoms with Crippen LogP contribution in [0.25, 0.3) is 0 Å². The predicted molar refractivity (Wildman–Crippen MR) is 58.9 cm³/mol. The van der Waals surface area contributed by atoms with Crippen LogP contribution in [0.5, 0.6) is 0 Å². The average molecular weight is 248 g/mol. The van der Waals surface area contributed by atoms with Crippen LogP contribution in [0.15, 0.2) is 23.1 Å². The van der Waals surface area contributed by atoms with E-state index in [0.29, 0.717) is 10.6 Å². The summed E-state index contributed by atoms with van der Waals surface area (Å²) in [5.74, 6) is 0.122. The summed E-state index contributed by atoms with van der Waals surface area (Å²) < 4.78 is 38.0. The highest BCUT2D eigenvalue weighted by atomic mass is 32.2. The molecule has 0 spiro atoms. The number of nitrogen functional groups attached to an aromatic ring is 1. The molecular weight excluding hydrogens is 237 g/mol. The summed E-state index contributed by atoms with van der Waals surface area (Å²) in [6, 6.07) is 3.81. The molecule has 0 saturated carbocycles. The third-order valence-electron chi connectivity index (χ3n) is 1.90. The van der Waals surface area contributed by atoms with E-state index in [0.717, 1.165) is 6.07 Å². The molecule has 0 atom stereocenters. The third kappa shape index (κ3) is 2.91. The molecule has 88 valence electrons. The van der Waals surface area contributed by atoms with Crippen molar-refractivity contribution in [3.8, 4) is 0 Å². The fraction of sp³-hybridized carbons (Fsp3) is 0.300. The predicted octanol–water partition coefficient (Wildman–Crippen LogP) is 3.10. The van der Waals surface area contributed by atoms with E-state index in [4.69, 9.17) is 11.1 Å². The number of hydrogen-bond donors (Lipinski definition) is 2. The van der Waals surface area contributed by atoms with Gasteiger partial charge in [0.05, 0.1) is 5.56 Å². The maximum absolute atomic E-state index is 12.7. The van der Waals surface area contributed by atoms with E-state index in [2.05, 4.69) is 0 Å². The topological polar surface area (TPSA) is 49.9 Å². The Labute approximate surface area is 95.5 Å². The molecule has 1 aromatic rings. The highest BCUT2D eigenvalue weighted by Gasteiger charge is 2.34. The quantitative estimate of drug-likeness (QED) is 0.490. The summed E-state index contributed by atoms with van der Waals surface area (Å²) in [6.07, 6.45) is -4.48. The van der Waals surface area contributed by atoms with Gasteiger partial charge >= 0.3 is 6.18 Å². The first-order chi connectivity index (χ1) is 7.36. The lowest BCUT2D eigenvalue weighted by atomic mass is 10.1. The van der Waals surface area contributed by atoms with E-state index >= 15 is 0 Å². The molecule has 0 aromatic heterocycles. The molecule has 3 N–H and O–H groups in total. The van der Waals surface area contributed by atoms with Gasteiger partial charge in [-0.25, -0.2) is 0 Å². The summed E-state index contributed by atoms with van der Waals surface area (Å²) in [6.45, 7) is 1.86. The second-order valence-electron chi connectivity index (χ2n) is 3.05. The van der Waals surface area contributed by atoms with Crippen molar-refractivity contribution in [2.75, 3.05) is 5.75 Å². The molecule has 0 radical (unpaired) electrons. The van der Waals surface area contributed by atoms with Gasteiger partial charge in [0.1, 0.15) is 5.84 Å². The minimum atomic E-state index is -4.48. The van der Waals surface area contributed by atoms with E-state index in [9.17, 15) is 13.2 Å².